The molecule has 202 valence electrons. The zero-order valence-corrected chi connectivity index (χ0v) is 22.5. The van der Waals surface area contributed by atoms with E-state index in [0.717, 1.165) is 0 Å². The molecule has 0 bridgehead atoms. The molecule has 2 fully saturated rings. The molecule has 2 N–H and O–H groups in total. The smallest absolute Gasteiger partial charge is 0.333 e. The second-order valence-electron chi connectivity index (χ2n) is 10.3. The summed E-state index contributed by atoms with van der Waals surface area (Å²) >= 11 is 0. The van der Waals surface area contributed by atoms with Gasteiger partial charge < -0.3 is 29.2 Å². The lowest BCUT2D eigenvalue weighted by Crippen LogP contribution is -2.54. The fourth-order valence-electron chi connectivity index (χ4n) is 4.26. The summed E-state index contributed by atoms with van der Waals surface area (Å²) in [7, 11) is 0. The Morgan fingerprint density at radius 2 is 1.67 bits per heavy atom. The van der Waals surface area contributed by atoms with E-state index in [9.17, 15) is 24.6 Å². The molecule has 0 radical (unpaired) electrons. The molecule has 0 aromatic rings. The van der Waals surface area contributed by atoms with E-state index in [1.807, 2.05) is 0 Å². The van der Waals surface area contributed by atoms with Crippen molar-refractivity contribution < 1.29 is 43.5 Å². The quantitative estimate of drug-likeness (QED) is 0.150. The highest BCUT2D eigenvalue weighted by atomic mass is 16.7. The van der Waals surface area contributed by atoms with Gasteiger partial charge in [0.15, 0.2) is 6.10 Å². The summed E-state index contributed by atoms with van der Waals surface area (Å²) in [4.78, 5) is 37.4. The van der Waals surface area contributed by atoms with Crippen molar-refractivity contribution in [2.45, 2.75) is 110 Å². The second kappa shape index (κ2) is 11.3. The number of aliphatic hydroxyl groups is 2. The molecule has 1 saturated carbocycles. The lowest BCUT2D eigenvalue weighted by molar-refractivity contribution is -0.176. The number of carbonyl (C=O) groups is 3. The first kappa shape index (κ1) is 29.7. The number of allylic oxidation sites excluding steroid dienone is 2. The highest BCUT2D eigenvalue weighted by molar-refractivity contribution is 5.88. The number of aliphatic hydroxyl groups excluding tert-OH is 1. The van der Waals surface area contributed by atoms with Crippen LogP contribution in [0.2, 0.25) is 0 Å². The Kier molecular flexibility index (Phi) is 9.31. The normalized spacial score (nSPS) is 29.9. The van der Waals surface area contributed by atoms with Gasteiger partial charge in [-0.3, -0.25) is 4.79 Å². The topological polar surface area (TPSA) is 132 Å². The minimum absolute atomic E-state index is 0.140. The predicted molar refractivity (Wildman–Crippen MR) is 132 cm³/mol. The summed E-state index contributed by atoms with van der Waals surface area (Å²) in [6.07, 6.45) is -1.02. The van der Waals surface area contributed by atoms with Crippen molar-refractivity contribution in [1.29, 1.82) is 0 Å². The van der Waals surface area contributed by atoms with Crippen LogP contribution in [0.15, 0.2) is 35.5 Å². The summed E-state index contributed by atoms with van der Waals surface area (Å²) in [6, 6.07) is 0. The maximum atomic E-state index is 12.7. The van der Waals surface area contributed by atoms with E-state index in [1.165, 1.54) is 20.8 Å². The molecule has 0 amide bonds. The number of esters is 3. The van der Waals surface area contributed by atoms with Gasteiger partial charge in [-0.1, -0.05) is 18.7 Å². The van der Waals surface area contributed by atoms with Crippen LogP contribution < -0.4 is 0 Å². The average molecular weight is 509 g/mol. The maximum Gasteiger partial charge on any atom is 0.333 e. The van der Waals surface area contributed by atoms with Gasteiger partial charge in [0.05, 0.1) is 17.8 Å². The molecular weight excluding hydrogens is 468 g/mol. The summed E-state index contributed by atoms with van der Waals surface area (Å²) in [5.41, 5.74) is -1.20. The van der Waals surface area contributed by atoms with Crippen LogP contribution >= 0.6 is 0 Å². The number of rotatable bonds is 10. The highest BCUT2D eigenvalue weighted by Gasteiger charge is 2.68. The lowest BCUT2D eigenvalue weighted by Gasteiger charge is -2.40. The Morgan fingerprint density at radius 1 is 1.11 bits per heavy atom. The average Bonchev–Trinajstić information content (AvgIpc) is 3.47. The molecule has 1 saturated heterocycles. The van der Waals surface area contributed by atoms with E-state index < -0.39 is 59.4 Å². The molecule has 3 unspecified atom stereocenters. The fourth-order valence-corrected chi connectivity index (χ4v) is 4.26. The molecule has 0 spiro atoms. The number of fused-ring (bicyclic) bond motifs is 1. The van der Waals surface area contributed by atoms with Crippen molar-refractivity contribution in [3.8, 4) is 0 Å². The van der Waals surface area contributed by atoms with Crippen LogP contribution in [0.3, 0.4) is 0 Å². The number of hydrogen-bond acceptors (Lipinski definition) is 9. The second-order valence-corrected chi connectivity index (χ2v) is 10.3. The first-order chi connectivity index (χ1) is 16.6. The van der Waals surface area contributed by atoms with Gasteiger partial charge in [-0.15, -0.1) is 0 Å². The first-order valence-electron chi connectivity index (χ1n) is 12.2. The van der Waals surface area contributed by atoms with Crippen molar-refractivity contribution in [1.82, 2.24) is 0 Å². The Balaban J connectivity index is 2.45. The van der Waals surface area contributed by atoms with Crippen molar-refractivity contribution in [2.24, 2.45) is 5.92 Å². The van der Waals surface area contributed by atoms with Gasteiger partial charge in [0.1, 0.15) is 17.8 Å². The fraction of sp³-hybridized carbons (Fsp3) is 0.667. The maximum absolute atomic E-state index is 12.7. The summed E-state index contributed by atoms with van der Waals surface area (Å²) in [5.74, 6) is -2.37. The summed E-state index contributed by atoms with van der Waals surface area (Å²) in [6.45, 7) is 16.7. The van der Waals surface area contributed by atoms with Crippen LogP contribution in [-0.2, 0) is 33.3 Å². The zero-order valence-electron chi connectivity index (χ0n) is 22.5. The number of carbonyl (C=O) groups excluding carboxylic acids is 3. The van der Waals surface area contributed by atoms with Crippen LogP contribution in [0.25, 0.3) is 0 Å². The molecule has 9 nitrogen and oxygen atoms in total. The van der Waals surface area contributed by atoms with Gasteiger partial charge in [0.2, 0.25) is 0 Å². The van der Waals surface area contributed by atoms with Gasteiger partial charge in [-0.2, -0.15) is 0 Å². The third-order valence-corrected chi connectivity index (χ3v) is 7.14. The molecule has 1 aliphatic carbocycles. The molecule has 36 heavy (non-hydrogen) atoms. The summed E-state index contributed by atoms with van der Waals surface area (Å²) < 4.78 is 23.1. The Hall–Kier alpha value is -2.49. The number of ether oxygens (including phenoxy) is 4. The third kappa shape index (κ3) is 6.63. The van der Waals surface area contributed by atoms with Crippen molar-refractivity contribution in [2.75, 3.05) is 0 Å². The van der Waals surface area contributed by atoms with E-state index in [1.54, 1.807) is 46.8 Å². The Labute approximate surface area is 213 Å². The van der Waals surface area contributed by atoms with Gasteiger partial charge in [-0.05, 0) is 60.5 Å². The van der Waals surface area contributed by atoms with Gasteiger partial charge in [0.25, 0.3) is 0 Å². The molecule has 0 aromatic heterocycles. The van der Waals surface area contributed by atoms with E-state index in [2.05, 4.69) is 6.58 Å². The SMILES string of the molecule is C=C(C(CC(O)C(C)(C)O)OC(=O)/C(C)=C/C)[C@H]1C[C@H]2O[C@@]2(C)C(OC(=O)C(C)=CC)[C@H]1OC(C)=O. The van der Waals surface area contributed by atoms with E-state index >= 15 is 0 Å². The van der Waals surface area contributed by atoms with Gasteiger partial charge in [0, 0.05) is 30.4 Å². The van der Waals surface area contributed by atoms with Gasteiger partial charge >= 0.3 is 17.9 Å². The highest BCUT2D eigenvalue weighted by Crippen LogP contribution is 2.53. The van der Waals surface area contributed by atoms with E-state index in [4.69, 9.17) is 18.9 Å². The van der Waals surface area contributed by atoms with Crippen molar-refractivity contribution in [3.05, 3.63) is 35.5 Å². The van der Waals surface area contributed by atoms with Crippen LogP contribution in [0.1, 0.15) is 68.2 Å². The molecule has 9 heteroatoms. The Morgan fingerprint density at radius 3 is 2.17 bits per heavy atom. The van der Waals surface area contributed by atoms with Crippen LogP contribution in [-0.4, -0.2) is 69.8 Å². The number of epoxide rings is 1. The standard InChI is InChI=1S/C27H40O9/c1-10-14(3)24(30)34-19(13-20(29)26(7,8)32)16(5)18-12-21-27(9,36-21)23(22(18)33-17(6)28)35-25(31)15(4)11-2/h10-11,18-23,29,32H,5,12-13H2,1-4,6-9H3/b14-10+,15-11?/t18-,19?,20?,21-,22+,23?,27-/m1/s1. The predicted octanol–water partition coefficient (Wildman–Crippen LogP) is 2.93. The van der Waals surface area contributed by atoms with E-state index in [-0.39, 0.29) is 12.5 Å². The van der Waals surface area contributed by atoms with Crippen LogP contribution in [0.4, 0.5) is 0 Å². The third-order valence-electron chi connectivity index (χ3n) is 7.14. The molecule has 1 heterocycles. The first-order valence-corrected chi connectivity index (χ1v) is 12.2. The number of hydrogen-bond donors (Lipinski definition) is 2. The van der Waals surface area contributed by atoms with Crippen molar-refractivity contribution in [3.63, 3.8) is 0 Å². The molecule has 1 aliphatic heterocycles. The molecule has 2 rings (SSSR count). The summed E-state index contributed by atoms with van der Waals surface area (Å²) in [5, 5.41) is 20.9. The van der Waals surface area contributed by atoms with Gasteiger partial charge in [-0.25, -0.2) is 9.59 Å². The molecule has 7 atom stereocenters. The largest absolute Gasteiger partial charge is 0.458 e. The molecule has 0 aromatic carbocycles. The van der Waals surface area contributed by atoms with E-state index in [0.29, 0.717) is 23.1 Å². The minimum Gasteiger partial charge on any atom is -0.458 e. The van der Waals surface area contributed by atoms with Crippen LogP contribution in [0, 0.1) is 5.92 Å². The Bertz CT molecular complexity index is 941. The van der Waals surface area contributed by atoms with Crippen molar-refractivity contribution >= 4 is 17.9 Å². The molecule has 2 aliphatic rings. The lowest BCUT2D eigenvalue weighted by atomic mass is 9.73. The van der Waals surface area contributed by atoms with Crippen LogP contribution in [0.5, 0.6) is 0 Å². The monoisotopic (exact) mass is 508 g/mol. The zero-order chi connectivity index (χ0) is 27.6. The minimum atomic E-state index is -1.47. The molecular formula is C27H40O9.